The van der Waals surface area contributed by atoms with Crippen LogP contribution in [0.3, 0.4) is 0 Å². The second-order valence-corrected chi connectivity index (χ2v) is 8.28. The molecule has 4 amide bonds. The van der Waals surface area contributed by atoms with Crippen LogP contribution in [0.25, 0.3) is 0 Å². The van der Waals surface area contributed by atoms with Crippen molar-refractivity contribution in [2.75, 3.05) is 18.9 Å². The van der Waals surface area contributed by atoms with E-state index in [1.807, 2.05) is 32.9 Å². The Morgan fingerprint density at radius 2 is 1.52 bits per heavy atom. The predicted octanol–water partition coefficient (Wildman–Crippen LogP) is 3.10. The molecule has 0 saturated heterocycles. The Morgan fingerprint density at radius 3 is 2.03 bits per heavy atom. The highest BCUT2D eigenvalue weighted by molar-refractivity contribution is 6.22. The molecule has 2 aromatic rings. The number of anilines is 1. The molecule has 0 fully saturated rings. The van der Waals surface area contributed by atoms with E-state index in [-0.39, 0.29) is 18.4 Å². The molecule has 0 unspecified atom stereocenters. The van der Waals surface area contributed by atoms with Crippen molar-refractivity contribution < 1.29 is 19.2 Å². The van der Waals surface area contributed by atoms with Crippen molar-refractivity contribution >= 4 is 29.3 Å². The number of nitrogens with one attached hydrogen (secondary N) is 1. The van der Waals surface area contributed by atoms with Gasteiger partial charge in [-0.3, -0.25) is 24.1 Å². The molecule has 1 aliphatic heterocycles. The van der Waals surface area contributed by atoms with Gasteiger partial charge in [-0.2, -0.15) is 0 Å². The molecule has 0 saturated carbocycles. The van der Waals surface area contributed by atoms with Crippen LogP contribution in [0.4, 0.5) is 5.69 Å². The number of nitrogens with zero attached hydrogens (tertiary/aromatic N) is 2. The van der Waals surface area contributed by atoms with Crippen molar-refractivity contribution in [1.82, 2.24) is 9.80 Å². The van der Waals surface area contributed by atoms with E-state index in [9.17, 15) is 19.2 Å². The smallest absolute Gasteiger partial charge is 0.262 e. The van der Waals surface area contributed by atoms with E-state index in [2.05, 4.69) is 5.32 Å². The van der Waals surface area contributed by atoms with Crippen LogP contribution in [0, 0.1) is 12.8 Å². The zero-order valence-corrected chi connectivity index (χ0v) is 18.2. The standard InChI is InChI=1S/C24H27N3O4/c1-15(2)13-20(27-22(29)18-7-5-6-8-19(18)23(27)30)24(31)26(4)14-21(28)25-17-11-9-16(3)10-12-17/h5-12,15,20H,13-14H2,1-4H3,(H,25,28)/t20-/m1/s1. The normalized spacial score (nSPS) is 13.9. The molecule has 7 nitrogen and oxygen atoms in total. The number of benzene rings is 2. The second-order valence-electron chi connectivity index (χ2n) is 8.28. The summed E-state index contributed by atoms with van der Waals surface area (Å²) < 4.78 is 0. The van der Waals surface area contributed by atoms with Gasteiger partial charge in [0.05, 0.1) is 17.7 Å². The summed E-state index contributed by atoms with van der Waals surface area (Å²) in [6, 6.07) is 12.9. The highest BCUT2D eigenvalue weighted by Crippen LogP contribution is 2.27. The van der Waals surface area contributed by atoms with E-state index in [0.717, 1.165) is 10.5 Å². The lowest BCUT2D eigenvalue weighted by Gasteiger charge is -2.30. The van der Waals surface area contributed by atoms with E-state index < -0.39 is 23.8 Å². The third kappa shape index (κ3) is 4.82. The molecule has 0 aliphatic carbocycles. The van der Waals surface area contributed by atoms with Crippen molar-refractivity contribution in [3.05, 3.63) is 65.2 Å². The minimum atomic E-state index is -0.968. The van der Waals surface area contributed by atoms with Crippen LogP contribution in [-0.2, 0) is 9.59 Å². The van der Waals surface area contributed by atoms with Crippen LogP contribution in [-0.4, -0.2) is 53.1 Å². The number of aryl methyl sites for hydroxylation is 1. The van der Waals surface area contributed by atoms with Gasteiger partial charge in [0.25, 0.3) is 11.8 Å². The topological polar surface area (TPSA) is 86.8 Å². The predicted molar refractivity (Wildman–Crippen MR) is 118 cm³/mol. The van der Waals surface area contributed by atoms with E-state index in [1.54, 1.807) is 36.4 Å². The summed E-state index contributed by atoms with van der Waals surface area (Å²) in [5.41, 5.74) is 2.31. The van der Waals surface area contributed by atoms with Gasteiger partial charge in [-0.1, -0.05) is 43.7 Å². The summed E-state index contributed by atoms with van der Waals surface area (Å²) in [6.07, 6.45) is 0.314. The van der Waals surface area contributed by atoms with Gasteiger partial charge >= 0.3 is 0 Å². The minimum absolute atomic E-state index is 0.0630. The average molecular weight is 421 g/mol. The Morgan fingerprint density at radius 1 is 0.968 bits per heavy atom. The molecule has 3 rings (SSSR count). The molecular formula is C24H27N3O4. The number of hydrogen-bond donors (Lipinski definition) is 1. The minimum Gasteiger partial charge on any atom is -0.335 e. The molecule has 1 heterocycles. The van der Waals surface area contributed by atoms with Crippen LogP contribution in [0.1, 0.15) is 46.5 Å². The zero-order chi connectivity index (χ0) is 22.7. The van der Waals surface area contributed by atoms with Gasteiger partial charge in [0, 0.05) is 12.7 Å². The van der Waals surface area contributed by atoms with Gasteiger partial charge in [0.15, 0.2) is 0 Å². The first-order valence-corrected chi connectivity index (χ1v) is 10.3. The lowest BCUT2D eigenvalue weighted by atomic mass is 10.0. The summed E-state index contributed by atoms with van der Waals surface area (Å²) in [5, 5.41) is 2.76. The van der Waals surface area contributed by atoms with Crippen molar-refractivity contribution in [3.8, 4) is 0 Å². The van der Waals surface area contributed by atoms with Crippen molar-refractivity contribution in [2.45, 2.75) is 33.2 Å². The van der Waals surface area contributed by atoms with Crippen LogP contribution in [0.5, 0.6) is 0 Å². The Labute approximate surface area is 182 Å². The Bertz CT molecular complexity index is 979. The van der Waals surface area contributed by atoms with Gasteiger partial charge in [0.2, 0.25) is 11.8 Å². The first-order valence-electron chi connectivity index (χ1n) is 10.3. The second kappa shape index (κ2) is 9.12. The maximum Gasteiger partial charge on any atom is 0.262 e. The number of imide groups is 1. The fraction of sp³-hybridized carbons (Fsp3) is 0.333. The summed E-state index contributed by atoms with van der Waals surface area (Å²) in [7, 11) is 1.50. The number of fused-ring (bicyclic) bond motifs is 1. The van der Waals surface area contributed by atoms with Crippen molar-refractivity contribution in [3.63, 3.8) is 0 Å². The van der Waals surface area contributed by atoms with E-state index >= 15 is 0 Å². The first-order chi connectivity index (χ1) is 14.7. The maximum absolute atomic E-state index is 13.2. The Hall–Kier alpha value is -3.48. The molecule has 1 aliphatic rings. The van der Waals surface area contributed by atoms with Crippen LogP contribution < -0.4 is 5.32 Å². The fourth-order valence-electron chi connectivity index (χ4n) is 3.64. The third-order valence-electron chi connectivity index (χ3n) is 5.21. The molecule has 1 N–H and O–H groups in total. The molecule has 0 radical (unpaired) electrons. The molecule has 1 atom stereocenters. The summed E-state index contributed by atoms with van der Waals surface area (Å²) >= 11 is 0. The lowest BCUT2D eigenvalue weighted by Crippen LogP contribution is -2.51. The van der Waals surface area contributed by atoms with Crippen molar-refractivity contribution in [1.29, 1.82) is 0 Å². The van der Waals surface area contributed by atoms with E-state index in [4.69, 9.17) is 0 Å². The number of carbonyl (C=O) groups excluding carboxylic acids is 4. The number of likely N-dealkylation sites (N-methyl/N-ethyl adjacent to an activating group) is 1. The van der Waals surface area contributed by atoms with Gasteiger partial charge < -0.3 is 10.2 Å². The van der Waals surface area contributed by atoms with E-state index in [0.29, 0.717) is 23.2 Å². The Balaban J connectivity index is 1.75. The zero-order valence-electron chi connectivity index (χ0n) is 18.2. The van der Waals surface area contributed by atoms with E-state index in [1.165, 1.54) is 11.9 Å². The molecule has 31 heavy (non-hydrogen) atoms. The fourth-order valence-corrected chi connectivity index (χ4v) is 3.64. The lowest BCUT2D eigenvalue weighted by molar-refractivity contribution is -0.137. The quantitative estimate of drug-likeness (QED) is 0.696. The molecule has 0 spiro atoms. The van der Waals surface area contributed by atoms with Crippen LogP contribution in [0.15, 0.2) is 48.5 Å². The highest BCUT2D eigenvalue weighted by Gasteiger charge is 2.43. The number of amides is 4. The Kier molecular flexibility index (Phi) is 6.53. The highest BCUT2D eigenvalue weighted by atomic mass is 16.2. The molecule has 0 aromatic heterocycles. The SMILES string of the molecule is Cc1ccc(NC(=O)CN(C)C(=O)[C@@H](CC(C)C)N2C(=O)c3ccccc3C2=O)cc1. The molecule has 7 heteroatoms. The third-order valence-corrected chi connectivity index (χ3v) is 5.21. The average Bonchev–Trinajstić information content (AvgIpc) is 2.98. The number of hydrogen-bond acceptors (Lipinski definition) is 4. The number of carbonyl (C=O) groups is 4. The van der Waals surface area contributed by atoms with Crippen LogP contribution in [0.2, 0.25) is 0 Å². The summed E-state index contributed by atoms with van der Waals surface area (Å²) in [5.74, 6) is -1.69. The van der Waals surface area contributed by atoms with Gasteiger partial charge in [-0.05, 0) is 43.5 Å². The van der Waals surface area contributed by atoms with Crippen LogP contribution >= 0.6 is 0 Å². The largest absolute Gasteiger partial charge is 0.335 e. The maximum atomic E-state index is 13.2. The van der Waals surface area contributed by atoms with Gasteiger partial charge in [0.1, 0.15) is 6.04 Å². The first kappa shape index (κ1) is 22.2. The molecule has 2 aromatic carbocycles. The monoisotopic (exact) mass is 421 g/mol. The van der Waals surface area contributed by atoms with Gasteiger partial charge in [-0.15, -0.1) is 0 Å². The summed E-state index contributed by atoms with van der Waals surface area (Å²) in [4.78, 5) is 53.8. The summed E-state index contributed by atoms with van der Waals surface area (Å²) in [6.45, 7) is 5.60. The molecule has 162 valence electrons. The molecule has 0 bridgehead atoms. The molecular weight excluding hydrogens is 394 g/mol. The van der Waals surface area contributed by atoms with Crippen molar-refractivity contribution in [2.24, 2.45) is 5.92 Å². The number of rotatable bonds is 7. The van der Waals surface area contributed by atoms with Gasteiger partial charge in [-0.25, -0.2) is 0 Å².